The van der Waals surface area contributed by atoms with E-state index in [2.05, 4.69) is 9.50 Å². The summed E-state index contributed by atoms with van der Waals surface area (Å²) in [5.74, 6) is -1.11. The van der Waals surface area contributed by atoms with Crippen LogP contribution in [0.2, 0.25) is 0 Å². The number of hydrogen-bond donors (Lipinski definition) is 1. The lowest BCUT2D eigenvalue weighted by molar-refractivity contribution is -0.114. The molecule has 86 valence electrons. The van der Waals surface area contributed by atoms with Gasteiger partial charge >= 0.3 is 15.6 Å². The van der Waals surface area contributed by atoms with E-state index in [-0.39, 0.29) is 13.1 Å². The molecule has 0 saturated heterocycles. The summed E-state index contributed by atoms with van der Waals surface area (Å²) in [5, 5.41) is 2.38. The van der Waals surface area contributed by atoms with Gasteiger partial charge in [-0.05, 0) is 0 Å². The van der Waals surface area contributed by atoms with Gasteiger partial charge in [-0.25, -0.2) is 0 Å². The Bertz CT molecular complexity index is 397. The van der Waals surface area contributed by atoms with Crippen molar-refractivity contribution in [3.63, 3.8) is 0 Å². The number of hydrogen-bond acceptors (Lipinski definition) is 5. The van der Waals surface area contributed by atoms with Crippen LogP contribution in [0.15, 0.2) is 11.8 Å². The van der Waals surface area contributed by atoms with Crippen molar-refractivity contribution in [1.82, 2.24) is 5.32 Å². The summed E-state index contributed by atoms with van der Waals surface area (Å²) in [6, 6.07) is 0. The molecule has 0 aromatic heterocycles. The molecule has 1 N–H and O–H groups in total. The fraction of sp³-hybridized carbons (Fsp3) is 0.500. The van der Waals surface area contributed by atoms with Crippen molar-refractivity contribution in [3.8, 4) is 0 Å². The minimum absolute atomic E-state index is 0.0566. The van der Waals surface area contributed by atoms with Gasteiger partial charge in [-0.15, -0.1) is 0 Å². The van der Waals surface area contributed by atoms with Gasteiger partial charge in [-0.2, -0.15) is 21.6 Å². The predicted molar refractivity (Wildman–Crippen MR) is 42.0 cm³/mol. The fourth-order valence-electron chi connectivity index (χ4n) is 0.832. The maximum absolute atomic E-state index is 11.8. The van der Waals surface area contributed by atoms with Crippen LogP contribution in [-0.4, -0.2) is 32.8 Å². The van der Waals surface area contributed by atoms with Crippen LogP contribution < -0.4 is 5.32 Å². The number of carbonyl (C=O) groups is 1. The Morgan fingerprint density at radius 2 is 1.93 bits per heavy atom. The third-order valence-corrected chi connectivity index (χ3v) is 2.42. The first-order valence-electron chi connectivity index (χ1n) is 3.67. The zero-order valence-corrected chi connectivity index (χ0v) is 7.98. The monoisotopic (exact) mass is 245 g/mol. The Labute approximate surface area is 83.0 Å². The average Bonchev–Trinajstić information content (AvgIpc) is 2.00. The Kier molecular flexibility index (Phi) is 3.05. The molecule has 0 atom stereocenters. The van der Waals surface area contributed by atoms with Gasteiger partial charge < -0.3 is 9.50 Å². The topological polar surface area (TPSA) is 72.5 Å². The summed E-state index contributed by atoms with van der Waals surface area (Å²) in [4.78, 5) is 10.7. The summed E-state index contributed by atoms with van der Waals surface area (Å²) in [6.07, 6.45) is 0.722. The number of ketones is 1. The second kappa shape index (κ2) is 3.81. The minimum atomic E-state index is -5.68. The van der Waals surface area contributed by atoms with E-state index in [1.54, 1.807) is 0 Å². The van der Waals surface area contributed by atoms with Crippen molar-refractivity contribution in [1.29, 1.82) is 0 Å². The van der Waals surface area contributed by atoms with E-state index in [0.29, 0.717) is 0 Å². The Morgan fingerprint density at radius 1 is 1.33 bits per heavy atom. The third-order valence-electron chi connectivity index (χ3n) is 1.42. The molecular formula is C6H6F3NO4S. The van der Waals surface area contributed by atoms with Crippen LogP contribution in [0.1, 0.15) is 0 Å². The lowest BCUT2D eigenvalue weighted by Gasteiger charge is -2.15. The number of alkyl halides is 3. The van der Waals surface area contributed by atoms with Crippen molar-refractivity contribution in [3.05, 3.63) is 11.8 Å². The van der Waals surface area contributed by atoms with Crippen molar-refractivity contribution in [2.45, 2.75) is 5.51 Å². The van der Waals surface area contributed by atoms with Gasteiger partial charge in [-0.1, -0.05) is 0 Å². The van der Waals surface area contributed by atoms with Crippen LogP contribution >= 0.6 is 0 Å². The molecule has 0 saturated carbocycles. The van der Waals surface area contributed by atoms with E-state index >= 15 is 0 Å². The van der Waals surface area contributed by atoms with Crippen LogP contribution in [0.4, 0.5) is 13.2 Å². The van der Waals surface area contributed by atoms with Crippen LogP contribution in [0.25, 0.3) is 0 Å². The van der Waals surface area contributed by atoms with Crippen LogP contribution in [-0.2, 0) is 19.1 Å². The highest BCUT2D eigenvalue weighted by molar-refractivity contribution is 7.87. The highest BCUT2D eigenvalue weighted by Gasteiger charge is 2.48. The zero-order valence-electron chi connectivity index (χ0n) is 7.17. The van der Waals surface area contributed by atoms with E-state index in [0.717, 1.165) is 6.08 Å². The van der Waals surface area contributed by atoms with Crippen molar-refractivity contribution >= 4 is 15.9 Å². The standard InChI is InChI=1S/C6H6F3NO4S/c7-6(8,9)15(12,13)14-5-1-4(11)2-10-3-5/h1,10H,2-3H2. The minimum Gasteiger partial charge on any atom is -0.379 e. The van der Waals surface area contributed by atoms with E-state index in [9.17, 15) is 26.4 Å². The predicted octanol–water partition coefficient (Wildman–Crippen LogP) is -0.0912. The van der Waals surface area contributed by atoms with Crippen LogP contribution in [0, 0.1) is 0 Å². The summed E-state index contributed by atoms with van der Waals surface area (Å²) < 4.78 is 60.3. The lowest BCUT2D eigenvalue weighted by atomic mass is 10.2. The molecule has 1 aliphatic rings. The molecule has 0 amide bonds. The molecular weight excluding hydrogens is 239 g/mol. The molecule has 0 radical (unpaired) electrons. The van der Waals surface area contributed by atoms with E-state index < -0.39 is 27.2 Å². The third kappa shape index (κ3) is 2.93. The second-order valence-corrected chi connectivity index (χ2v) is 4.20. The molecule has 0 bridgehead atoms. The summed E-state index contributed by atoms with van der Waals surface area (Å²) >= 11 is 0. The van der Waals surface area contributed by atoms with E-state index in [1.165, 1.54) is 0 Å². The average molecular weight is 245 g/mol. The van der Waals surface area contributed by atoms with Gasteiger partial charge in [0, 0.05) is 6.08 Å². The molecule has 1 rings (SSSR count). The van der Waals surface area contributed by atoms with E-state index in [1.807, 2.05) is 0 Å². The normalized spacial score (nSPS) is 18.6. The Balaban J connectivity index is 2.83. The first kappa shape index (κ1) is 12.0. The van der Waals surface area contributed by atoms with Crippen LogP contribution in [0.5, 0.6) is 0 Å². The Hall–Kier alpha value is -1.09. The quantitative estimate of drug-likeness (QED) is 0.543. The van der Waals surface area contributed by atoms with E-state index in [4.69, 9.17) is 0 Å². The molecule has 0 aromatic rings. The maximum Gasteiger partial charge on any atom is 0.534 e. The zero-order chi connectivity index (χ0) is 11.7. The maximum atomic E-state index is 11.8. The van der Waals surface area contributed by atoms with Gasteiger partial charge in [0.2, 0.25) is 0 Å². The van der Waals surface area contributed by atoms with Gasteiger partial charge in [0.05, 0.1) is 13.1 Å². The van der Waals surface area contributed by atoms with Gasteiger partial charge in [-0.3, -0.25) is 4.79 Å². The molecule has 0 aromatic carbocycles. The first-order valence-corrected chi connectivity index (χ1v) is 5.08. The number of carbonyl (C=O) groups excluding carboxylic acids is 1. The molecule has 5 nitrogen and oxygen atoms in total. The number of nitrogens with one attached hydrogen (secondary N) is 1. The molecule has 1 heterocycles. The Morgan fingerprint density at radius 3 is 2.40 bits per heavy atom. The molecule has 15 heavy (non-hydrogen) atoms. The highest BCUT2D eigenvalue weighted by Crippen LogP contribution is 2.26. The number of rotatable bonds is 2. The van der Waals surface area contributed by atoms with Crippen molar-refractivity contribution in [2.24, 2.45) is 0 Å². The molecule has 0 fully saturated rings. The van der Waals surface area contributed by atoms with Gasteiger partial charge in [0.15, 0.2) is 5.78 Å². The van der Waals surface area contributed by atoms with Gasteiger partial charge in [0.1, 0.15) is 5.76 Å². The van der Waals surface area contributed by atoms with Crippen LogP contribution in [0.3, 0.4) is 0 Å². The summed E-state index contributed by atoms with van der Waals surface area (Å²) in [5.41, 5.74) is -5.49. The molecule has 0 aliphatic carbocycles. The smallest absolute Gasteiger partial charge is 0.379 e. The first-order chi connectivity index (χ1) is 6.72. The molecule has 9 heteroatoms. The largest absolute Gasteiger partial charge is 0.534 e. The SMILES string of the molecule is O=C1C=C(OS(=O)(=O)C(F)(F)F)CNC1. The summed E-state index contributed by atoms with van der Waals surface area (Å²) in [7, 11) is -5.68. The van der Waals surface area contributed by atoms with Crippen molar-refractivity contribution < 1.29 is 30.6 Å². The summed E-state index contributed by atoms with van der Waals surface area (Å²) in [6.45, 7) is -0.292. The molecule has 0 spiro atoms. The molecule has 0 unspecified atom stereocenters. The highest BCUT2D eigenvalue weighted by atomic mass is 32.2. The molecule has 1 aliphatic heterocycles. The lowest BCUT2D eigenvalue weighted by Crippen LogP contribution is -2.33. The van der Waals surface area contributed by atoms with Gasteiger partial charge in [0.25, 0.3) is 0 Å². The van der Waals surface area contributed by atoms with Crippen molar-refractivity contribution in [2.75, 3.05) is 13.1 Å². The fourth-order valence-corrected chi connectivity index (χ4v) is 1.32. The number of halogens is 3. The second-order valence-electron chi connectivity index (χ2n) is 2.66.